The van der Waals surface area contributed by atoms with Crippen molar-refractivity contribution in [3.63, 3.8) is 0 Å². The maximum Gasteiger partial charge on any atom is 0.262 e. The lowest BCUT2D eigenvalue weighted by Gasteiger charge is -2.14. The molecule has 0 radical (unpaired) electrons. The van der Waals surface area contributed by atoms with Gasteiger partial charge in [0.25, 0.3) is 10.0 Å². The molecule has 2 aromatic heterocycles. The molecular formula is C13H17N5O2S. The molecule has 8 heteroatoms. The van der Waals surface area contributed by atoms with Crippen LogP contribution < -0.4 is 5.73 Å². The summed E-state index contributed by atoms with van der Waals surface area (Å²) in [5, 5.41) is 0.0593. The Morgan fingerprint density at radius 1 is 1.38 bits per heavy atom. The normalized spacial score (nSPS) is 23.5. The SMILES string of the molecule is Cn1cnc(S(=O)(=O)N2C[C@@H](N)[C@H](c3cccnc3)C2)c1. The van der Waals surface area contributed by atoms with Gasteiger partial charge in [0.2, 0.25) is 0 Å². The highest BCUT2D eigenvalue weighted by atomic mass is 32.2. The zero-order valence-electron chi connectivity index (χ0n) is 11.6. The Balaban J connectivity index is 1.86. The van der Waals surface area contributed by atoms with Gasteiger partial charge in [-0.05, 0) is 11.6 Å². The summed E-state index contributed by atoms with van der Waals surface area (Å²) in [6, 6.07) is 3.51. The second kappa shape index (κ2) is 5.21. The zero-order valence-corrected chi connectivity index (χ0v) is 12.4. The van der Waals surface area contributed by atoms with Gasteiger partial charge in [-0.3, -0.25) is 4.98 Å². The molecule has 0 bridgehead atoms. The highest BCUT2D eigenvalue weighted by molar-refractivity contribution is 7.89. The second-order valence-corrected chi connectivity index (χ2v) is 7.14. The number of hydrogen-bond donors (Lipinski definition) is 1. The lowest BCUT2D eigenvalue weighted by molar-refractivity contribution is 0.467. The fourth-order valence-corrected chi connectivity index (χ4v) is 4.06. The minimum atomic E-state index is -3.59. The number of imidazole rings is 1. The maximum absolute atomic E-state index is 12.5. The first kappa shape index (κ1) is 14.2. The van der Waals surface area contributed by atoms with Gasteiger partial charge in [0, 0.05) is 50.7 Å². The average molecular weight is 307 g/mol. The Labute approximate surface area is 123 Å². The fraction of sp³-hybridized carbons (Fsp3) is 0.385. The van der Waals surface area contributed by atoms with Crippen LogP contribution in [0.2, 0.25) is 0 Å². The number of aromatic nitrogens is 3. The Morgan fingerprint density at radius 2 is 2.19 bits per heavy atom. The minimum absolute atomic E-state index is 0.0443. The monoisotopic (exact) mass is 307 g/mol. The molecule has 3 rings (SSSR count). The van der Waals surface area contributed by atoms with Gasteiger partial charge in [0.05, 0.1) is 6.33 Å². The molecule has 2 N–H and O–H groups in total. The molecule has 2 aromatic rings. The summed E-state index contributed by atoms with van der Waals surface area (Å²) in [6.45, 7) is 0.643. The lowest BCUT2D eigenvalue weighted by Crippen LogP contribution is -2.32. The maximum atomic E-state index is 12.5. The Hall–Kier alpha value is -1.77. The van der Waals surface area contributed by atoms with Crippen molar-refractivity contribution in [1.82, 2.24) is 18.8 Å². The number of nitrogens with zero attached hydrogens (tertiary/aromatic N) is 4. The van der Waals surface area contributed by atoms with Crippen molar-refractivity contribution in [3.05, 3.63) is 42.6 Å². The number of hydrogen-bond acceptors (Lipinski definition) is 5. The van der Waals surface area contributed by atoms with Gasteiger partial charge in [-0.2, -0.15) is 4.31 Å². The van der Waals surface area contributed by atoms with Gasteiger partial charge < -0.3 is 10.3 Å². The summed E-state index contributed by atoms with van der Waals surface area (Å²) in [5.41, 5.74) is 7.08. The van der Waals surface area contributed by atoms with E-state index in [0.29, 0.717) is 13.1 Å². The van der Waals surface area contributed by atoms with Gasteiger partial charge in [0.15, 0.2) is 5.03 Å². The van der Waals surface area contributed by atoms with Crippen LogP contribution in [0.3, 0.4) is 0 Å². The van der Waals surface area contributed by atoms with E-state index in [1.165, 1.54) is 16.8 Å². The van der Waals surface area contributed by atoms with E-state index in [-0.39, 0.29) is 17.0 Å². The van der Waals surface area contributed by atoms with Crippen molar-refractivity contribution in [2.24, 2.45) is 12.8 Å². The van der Waals surface area contributed by atoms with E-state index in [1.807, 2.05) is 12.1 Å². The van der Waals surface area contributed by atoms with E-state index in [1.54, 1.807) is 24.0 Å². The first-order valence-corrected chi connectivity index (χ1v) is 8.06. The second-order valence-electron chi connectivity index (χ2n) is 5.26. The van der Waals surface area contributed by atoms with Crippen LogP contribution >= 0.6 is 0 Å². The summed E-state index contributed by atoms with van der Waals surface area (Å²) in [5.74, 6) is -0.0443. The summed E-state index contributed by atoms with van der Waals surface area (Å²) in [6.07, 6.45) is 6.40. The summed E-state index contributed by atoms with van der Waals surface area (Å²) >= 11 is 0. The van der Waals surface area contributed by atoms with E-state index in [9.17, 15) is 8.42 Å². The summed E-state index contributed by atoms with van der Waals surface area (Å²) in [7, 11) is -1.85. The molecule has 3 heterocycles. The van der Waals surface area contributed by atoms with Crippen LogP contribution in [-0.4, -0.2) is 46.4 Å². The number of nitrogens with two attached hydrogens (primary N) is 1. The quantitative estimate of drug-likeness (QED) is 0.856. The van der Waals surface area contributed by atoms with Crippen LogP contribution in [0, 0.1) is 0 Å². The van der Waals surface area contributed by atoms with Gasteiger partial charge in [-0.15, -0.1) is 0 Å². The molecular weight excluding hydrogens is 290 g/mol. The van der Waals surface area contributed by atoms with Crippen LogP contribution in [0.1, 0.15) is 11.5 Å². The van der Waals surface area contributed by atoms with Crippen molar-refractivity contribution in [2.45, 2.75) is 17.0 Å². The summed E-state index contributed by atoms with van der Waals surface area (Å²) < 4.78 is 28.1. The predicted molar refractivity (Wildman–Crippen MR) is 76.9 cm³/mol. The van der Waals surface area contributed by atoms with Crippen LogP contribution in [-0.2, 0) is 17.1 Å². The zero-order chi connectivity index (χ0) is 15.0. The number of sulfonamides is 1. The summed E-state index contributed by atoms with van der Waals surface area (Å²) in [4.78, 5) is 8.01. The molecule has 0 saturated carbocycles. The van der Waals surface area contributed by atoms with Gasteiger partial charge in [0.1, 0.15) is 0 Å². The topological polar surface area (TPSA) is 94.1 Å². The third-order valence-electron chi connectivity index (χ3n) is 3.73. The fourth-order valence-electron chi connectivity index (χ4n) is 2.59. The van der Waals surface area contributed by atoms with E-state index < -0.39 is 10.0 Å². The molecule has 0 amide bonds. The molecule has 0 aliphatic carbocycles. The lowest BCUT2D eigenvalue weighted by atomic mass is 9.97. The standard InChI is InChI=1S/C13H17N5O2S/c1-17-8-13(16-9-17)21(19,20)18-6-11(12(14)7-18)10-3-2-4-15-5-10/h2-5,8-9,11-12H,6-7,14H2,1H3/t11-,12+/m0/s1. The molecule has 112 valence electrons. The number of aryl methyl sites for hydroxylation is 1. The third kappa shape index (κ3) is 2.57. The largest absolute Gasteiger partial charge is 0.339 e. The van der Waals surface area contributed by atoms with Gasteiger partial charge in [-0.25, -0.2) is 13.4 Å². The van der Waals surface area contributed by atoms with Crippen molar-refractivity contribution in [3.8, 4) is 0 Å². The van der Waals surface area contributed by atoms with E-state index in [4.69, 9.17) is 5.73 Å². The van der Waals surface area contributed by atoms with Crippen LogP contribution in [0.5, 0.6) is 0 Å². The van der Waals surface area contributed by atoms with E-state index in [2.05, 4.69) is 9.97 Å². The van der Waals surface area contributed by atoms with Crippen LogP contribution in [0.4, 0.5) is 0 Å². The smallest absolute Gasteiger partial charge is 0.262 e. The van der Waals surface area contributed by atoms with Crippen molar-refractivity contribution in [2.75, 3.05) is 13.1 Å². The van der Waals surface area contributed by atoms with Crippen molar-refractivity contribution in [1.29, 1.82) is 0 Å². The number of rotatable bonds is 3. The molecule has 7 nitrogen and oxygen atoms in total. The minimum Gasteiger partial charge on any atom is -0.339 e. The molecule has 0 aromatic carbocycles. The van der Waals surface area contributed by atoms with Crippen LogP contribution in [0.15, 0.2) is 42.1 Å². The third-order valence-corrected chi connectivity index (χ3v) is 5.45. The molecule has 1 aliphatic rings. The average Bonchev–Trinajstić information content (AvgIpc) is 3.07. The molecule has 21 heavy (non-hydrogen) atoms. The highest BCUT2D eigenvalue weighted by Crippen LogP contribution is 2.29. The van der Waals surface area contributed by atoms with Gasteiger partial charge >= 0.3 is 0 Å². The predicted octanol–water partition coefficient (Wildman–Crippen LogP) is -0.0695. The first-order valence-electron chi connectivity index (χ1n) is 6.62. The molecule has 0 unspecified atom stereocenters. The molecule has 2 atom stereocenters. The Morgan fingerprint density at radius 3 is 2.81 bits per heavy atom. The molecule has 1 aliphatic heterocycles. The Bertz CT molecular complexity index is 728. The highest BCUT2D eigenvalue weighted by Gasteiger charge is 2.39. The molecule has 1 fully saturated rings. The van der Waals surface area contributed by atoms with Crippen LogP contribution in [0.25, 0.3) is 0 Å². The Kier molecular flexibility index (Phi) is 3.52. The number of pyridine rings is 1. The first-order chi connectivity index (χ1) is 9.98. The molecule has 0 spiro atoms. The molecule has 1 saturated heterocycles. The van der Waals surface area contributed by atoms with Crippen molar-refractivity contribution >= 4 is 10.0 Å². The van der Waals surface area contributed by atoms with E-state index in [0.717, 1.165) is 5.56 Å². The van der Waals surface area contributed by atoms with Crippen molar-refractivity contribution < 1.29 is 8.42 Å². The van der Waals surface area contributed by atoms with E-state index >= 15 is 0 Å². The van der Waals surface area contributed by atoms with Gasteiger partial charge in [-0.1, -0.05) is 6.07 Å².